The Morgan fingerprint density at radius 2 is 1.96 bits per heavy atom. The number of esters is 1. The van der Waals surface area contributed by atoms with Crippen molar-refractivity contribution >= 4 is 50.5 Å². The van der Waals surface area contributed by atoms with E-state index in [4.69, 9.17) is 10.5 Å². The van der Waals surface area contributed by atoms with Gasteiger partial charge in [0.2, 0.25) is 6.10 Å². The smallest absolute Gasteiger partial charge is 0.351 e. The van der Waals surface area contributed by atoms with Crippen LogP contribution in [0.4, 0.5) is 0 Å². The maximum Gasteiger partial charge on any atom is 0.351 e. The normalized spacial score (nSPS) is 11.9. The van der Waals surface area contributed by atoms with Gasteiger partial charge in [-0.3, -0.25) is 4.79 Å². The topological polar surface area (TPSA) is 82.3 Å². The molecule has 1 aromatic carbocycles. The third-order valence-electron chi connectivity index (χ3n) is 3.09. The van der Waals surface area contributed by atoms with Crippen LogP contribution >= 0.6 is 38.6 Å². The lowest BCUT2D eigenvalue weighted by Gasteiger charge is -2.14. The molecule has 5 nitrogen and oxygen atoms in total. The van der Waals surface area contributed by atoms with Gasteiger partial charge in [-0.15, -0.1) is 22.7 Å². The molecule has 24 heavy (non-hydrogen) atoms. The minimum atomic E-state index is -1.14. The van der Waals surface area contributed by atoms with Gasteiger partial charge in [0.25, 0.3) is 5.91 Å². The summed E-state index contributed by atoms with van der Waals surface area (Å²) in [5.74, 6) is -1.35. The average Bonchev–Trinajstić information content (AvgIpc) is 3.24. The number of primary amides is 1. The fourth-order valence-corrected chi connectivity index (χ4v) is 3.84. The Balaban J connectivity index is 1.79. The molecule has 3 aromatic rings. The van der Waals surface area contributed by atoms with Gasteiger partial charge in [0.05, 0.1) is 11.1 Å². The van der Waals surface area contributed by atoms with Gasteiger partial charge in [0, 0.05) is 10.0 Å². The van der Waals surface area contributed by atoms with E-state index in [9.17, 15) is 9.59 Å². The van der Waals surface area contributed by atoms with Crippen LogP contribution in [-0.2, 0) is 9.53 Å². The van der Waals surface area contributed by atoms with Crippen LogP contribution in [0.5, 0.6) is 0 Å². The Bertz CT molecular complexity index is 860. The Kier molecular flexibility index (Phi) is 5.08. The molecular weight excluding hydrogens is 412 g/mol. The number of aromatic nitrogens is 1. The lowest BCUT2D eigenvalue weighted by Crippen LogP contribution is -2.26. The third kappa shape index (κ3) is 3.72. The lowest BCUT2D eigenvalue weighted by atomic mass is 10.1. The van der Waals surface area contributed by atoms with E-state index in [2.05, 4.69) is 20.9 Å². The number of thiophene rings is 1. The van der Waals surface area contributed by atoms with E-state index in [1.165, 1.54) is 28.9 Å². The van der Waals surface area contributed by atoms with E-state index in [-0.39, 0.29) is 0 Å². The Hall–Kier alpha value is -2.03. The van der Waals surface area contributed by atoms with Crippen LogP contribution in [0.1, 0.15) is 21.3 Å². The first kappa shape index (κ1) is 16.8. The van der Waals surface area contributed by atoms with Gasteiger partial charge in [-0.05, 0) is 23.6 Å². The predicted octanol–water partition coefficient (Wildman–Crippen LogP) is 4.02. The van der Waals surface area contributed by atoms with Crippen molar-refractivity contribution in [2.75, 3.05) is 0 Å². The molecule has 0 radical (unpaired) electrons. The van der Waals surface area contributed by atoms with Crippen LogP contribution < -0.4 is 5.73 Å². The molecule has 0 aliphatic rings. The number of carbonyl (C=O) groups excluding carboxylic acids is 2. The van der Waals surface area contributed by atoms with Gasteiger partial charge in [-0.25, -0.2) is 9.78 Å². The van der Waals surface area contributed by atoms with Crippen LogP contribution in [0.25, 0.3) is 9.88 Å². The quantitative estimate of drug-likeness (QED) is 0.629. The maximum absolute atomic E-state index is 12.3. The highest BCUT2D eigenvalue weighted by molar-refractivity contribution is 9.10. The average molecular weight is 423 g/mol. The number of nitrogens with two attached hydrogens (primary N) is 1. The van der Waals surface area contributed by atoms with Crippen molar-refractivity contribution in [3.63, 3.8) is 0 Å². The number of nitrogens with zero attached hydrogens (tertiary/aromatic N) is 1. The molecule has 2 heterocycles. The Morgan fingerprint density at radius 3 is 2.58 bits per heavy atom. The number of benzene rings is 1. The zero-order chi connectivity index (χ0) is 17.1. The highest BCUT2D eigenvalue weighted by atomic mass is 79.9. The standard InChI is InChI=1S/C16H11BrN2O3S2/c17-10-5-3-9(4-6-10)13(14(18)20)22-16(21)12-8-19-15(24-12)11-2-1-7-23-11/h1-8,13H,(H2,18,20). The summed E-state index contributed by atoms with van der Waals surface area (Å²) in [6.45, 7) is 0. The Labute approximate surface area is 154 Å². The molecule has 2 aromatic heterocycles. The van der Waals surface area contributed by atoms with Crippen molar-refractivity contribution in [3.05, 3.63) is 62.9 Å². The third-order valence-corrected chi connectivity index (χ3v) is 5.64. The molecule has 1 unspecified atom stereocenters. The second-order valence-electron chi connectivity index (χ2n) is 4.75. The summed E-state index contributed by atoms with van der Waals surface area (Å²) in [6, 6.07) is 10.7. The zero-order valence-electron chi connectivity index (χ0n) is 12.1. The predicted molar refractivity (Wildman–Crippen MR) is 96.9 cm³/mol. The summed E-state index contributed by atoms with van der Waals surface area (Å²) >= 11 is 6.06. The molecule has 0 saturated carbocycles. The molecule has 0 spiro atoms. The van der Waals surface area contributed by atoms with Crippen molar-refractivity contribution in [2.45, 2.75) is 6.10 Å². The second kappa shape index (κ2) is 7.25. The van der Waals surface area contributed by atoms with E-state index in [1.807, 2.05) is 17.5 Å². The number of amides is 1. The van der Waals surface area contributed by atoms with Crippen LogP contribution in [0.15, 0.2) is 52.4 Å². The van der Waals surface area contributed by atoms with Crippen molar-refractivity contribution < 1.29 is 14.3 Å². The first-order valence-electron chi connectivity index (χ1n) is 6.80. The van der Waals surface area contributed by atoms with Crippen molar-refractivity contribution in [1.29, 1.82) is 0 Å². The van der Waals surface area contributed by atoms with E-state index in [0.717, 1.165) is 14.4 Å². The fourth-order valence-electron chi connectivity index (χ4n) is 1.98. The molecule has 0 aliphatic carbocycles. The number of carbonyl (C=O) groups is 2. The van der Waals surface area contributed by atoms with E-state index >= 15 is 0 Å². The summed E-state index contributed by atoms with van der Waals surface area (Å²) in [5, 5.41) is 2.67. The lowest BCUT2D eigenvalue weighted by molar-refractivity contribution is -0.127. The molecule has 8 heteroatoms. The molecule has 1 amide bonds. The summed E-state index contributed by atoms with van der Waals surface area (Å²) in [6.07, 6.45) is 0.305. The molecule has 0 bridgehead atoms. The summed E-state index contributed by atoms with van der Waals surface area (Å²) in [5.41, 5.74) is 5.89. The molecule has 2 N–H and O–H groups in total. The molecule has 0 saturated heterocycles. The van der Waals surface area contributed by atoms with Gasteiger partial charge in [-0.1, -0.05) is 34.1 Å². The summed E-state index contributed by atoms with van der Waals surface area (Å²) in [4.78, 5) is 29.5. The molecule has 1 atom stereocenters. The molecular formula is C16H11BrN2O3S2. The van der Waals surface area contributed by atoms with Crippen molar-refractivity contribution in [1.82, 2.24) is 4.98 Å². The monoisotopic (exact) mass is 422 g/mol. The number of hydrogen-bond donors (Lipinski definition) is 1. The first-order valence-corrected chi connectivity index (χ1v) is 9.29. The molecule has 3 rings (SSSR count). The van der Waals surface area contributed by atoms with Gasteiger partial charge in [-0.2, -0.15) is 0 Å². The highest BCUT2D eigenvalue weighted by Gasteiger charge is 2.24. The number of thiazole rings is 1. The van der Waals surface area contributed by atoms with Crippen molar-refractivity contribution in [2.24, 2.45) is 5.73 Å². The maximum atomic E-state index is 12.3. The molecule has 0 fully saturated rings. The van der Waals surface area contributed by atoms with E-state index in [0.29, 0.717) is 10.4 Å². The largest absolute Gasteiger partial charge is 0.443 e. The number of ether oxygens (including phenoxy) is 1. The number of rotatable bonds is 5. The van der Waals surface area contributed by atoms with Crippen LogP contribution in [0.3, 0.4) is 0 Å². The molecule has 122 valence electrons. The van der Waals surface area contributed by atoms with Gasteiger partial charge in [0.1, 0.15) is 9.88 Å². The minimum Gasteiger partial charge on any atom is -0.443 e. The van der Waals surface area contributed by atoms with Gasteiger partial charge < -0.3 is 10.5 Å². The second-order valence-corrected chi connectivity index (χ2v) is 7.64. The SMILES string of the molecule is NC(=O)C(OC(=O)c1cnc(-c2cccs2)s1)c1ccc(Br)cc1. The first-order chi connectivity index (χ1) is 11.5. The van der Waals surface area contributed by atoms with Gasteiger partial charge in [0.15, 0.2) is 0 Å². The van der Waals surface area contributed by atoms with Gasteiger partial charge >= 0.3 is 5.97 Å². The van der Waals surface area contributed by atoms with E-state index in [1.54, 1.807) is 24.3 Å². The van der Waals surface area contributed by atoms with Crippen LogP contribution in [-0.4, -0.2) is 16.9 Å². The van der Waals surface area contributed by atoms with E-state index < -0.39 is 18.0 Å². The molecule has 0 aliphatic heterocycles. The minimum absolute atomic E-state index is 0.321. The number of halogens is 1. The zero-order valence-corrected chi connectivity index (χ0v) is 15.4. The Morgan fingerprint density at radius 1 is 1.21 bits per heavy atom. The van der Waals surface area contributed by atoms with Crippen LogP contribution in [0, 0.1) is 0 Å². The number of hydrogen-bond acceptors (Lipinski definition) is 6. The van der Waals surface area contributed by atoms with Crippen LogP contribution in [0.2, 0.25) is 0 Å². The fraction of sp³-hybridized carbons (Fsp3) is 0.0625. The van der Waals surface area contributed by atoms with Crippen molar-refractivity contribution in [3.8, 4) is 9.88 Å². The summed E-state index contributed by atoms with van der Waals surface area (Å²) < 4.78 is 6.15. The summed E-state index contributed by atoms with van der Waals surface area (Å²) in [7, 11) is 0. The highest BCUT2D eigenvalue weighted by Crippen LogP contribution is 2.30.